The molecule has 0 N–H and O–H groups in total. The van der Waals surface area contributed by atoms with Gasteiger partial charge in [0.1, 0.15) is 5.78 Å². The molecule has 1 heteroatoms. The lowest BCUT2D eigenvalue weighted by Crippen LogP contribution is -2.54. The molecule has 4 saturated carbocycles. The SMILES string of the molecule is CC.CCC12CCC(C)CC1CCC1C3CCC(C(C)=O)C3(C)CCC12. The van der Waals surface area contributed by atoms with E-state index >= 15 is 0 Å². The third kappa shape index (κ3) is 2.91. The molecular weight excluding hydrogens is 316 g/mol. The summed E-state index contributed by atoms with van der Waals surface area (Å²) in [6.45, 7) is 13.3. The lowest BCUT2D eigenvalue weighted by molar-refractivity contribution is -0.139. The van der Waals surface area contributed by atoms with Crippen LogP contribution in [-0.4, -0.2) is 5.78 Å². The number of carbonyl (C=O) groups excluding carboxylic acids is 1. The molecule has 4 fully saturated rings. The van der Waals surface area contributed by atoms with Crippen molar-refractivity contribution in [1.29, 1.82) is 0 Å². The van der Waals surface area contributed by atoms with Gasteiger partial charge in [0.2, 0.25) is 0 Å². The molecule has 0 aromatic carbocycles. The first-order valence-corrected chi connectivity index (χ1v) is 11.9. The molecule has 0 amide bonds. The van der Waals surface area contributed by atoms with Crippen LogP contribution in [0.2, 0.25) is 0 Å². The minimum absolute atomic E-state index is 0.330. The summed E-state index contributed by atoms with van der Waals surface area (Å²) in [5, 5.41) is 0. The highest BCUT2D eigenvalue weighted by atomic mass is 16.1. The molecule has 8 unspecified atom stereocenters. The Labute approximate surface area is 163 Å². The number of carbonyl (C=O) groups is 1. The maximum absolute atomic E-state index is 12.2. The van der Waals surface area contributed by atoms with Crippen LogP contribution >= 0.6 is 0 Å². The van der Waals surface area contributed by atoms with Gasteiger partial charge in [0.25, 0.3) is 0 Å². The van der Waals surface area contributed by atoms with E-state index in [0.29, 0.717) is 22.5 Å². The quantitative estimate of drug-likeness (QED) is 0.505. The van der Waals surface area contributed by atoms with Crippen LogP contribution < -0.4 is 0 Å². The molecule has 4 aliphatic carbocycles. The Bertz CT molecular complexity index is 510. The number of fused-ring (bicyclic) bond motifs is 5. The number of Topliss-reactive ketones (excluding diaryl/α,β-unsaturated/α-hetero) is 1. The molecule has 4 aliphatic rings. The van der Waals surface area contributed by atoms with Crippen LogP contribution in [0.3, 0.4) is 0 Å². The summed E-state index contributed by atoms with van der Waals surface area (Å²) < 4.78 is 0. The van der Waals surface area contributed by atoms with Crippen LogP contribution in [0, 0.1) is 46.3 Å². The Hall–Kier alpha value is -0.330. The van der Waals surface area contributed by atoms with Crippen molar-refractivity contribution in [2.75, 3.05) is 0 Å². The summed E-state index contributed by atoms with van der Waals surface area (Å²) >= 11 is 0. The van der Waals surface area contributed by atoms with Crippen molar-refractivity contribution in [1.82, 2.24) is 0 Å². The van der Waals surface area contributed by atoms with Crippen molar-refractivity contribution in [2.45, 2.75) is 106 Å². The number of hydrogen-bond donors (Lipinski definition) is 0. The van der Waals surface area contributed by atoms with Gasteiger partial charge in [0.05, 0.1) is 0 Å². The van der Waals surface area contributed by atoms with E-state index in [9.17, 15) is 4.79 Å². The highest BCUT2D eigenvalue weighted by Crippen LogP contribution is 2.68. The zero-order valence-corrected chi connectivity index (χ0v) is 18.4. The Kier molecular flexibility index (Phi) is 5.96. The third-order valence-electron chi connectivity index (χ3n) is 9.78. The van der Waals surface area contributed by atoms with Gasteiger partial charge in [-0.05, 0) is 105 Å². The van der Waals surface area contributed by atoms with Crippen molar-refractivity contribution >= 4 is 5.78 Å². The summed E-state index contributed by atoms with van der Waals surface area (Å²) in [5.41, 5.74) is 0.988. The van der Waals surface area contributed by atoms with E-state index in [1.165, 1.54) is 64.2 Å². The second-order valence-electron chi connectivity index (χ2n) is 10.4. The zero-order chi connectivity index (χ0) is 19.1. The molecular formula is C25H44O. The third-order valence-corrected chi connectivity index (χ3v) is 9.78. The first-order valence-electron chi connectivity index (χ1n) is 11.9. The van der Waals surface area contributed by atoms with E-state index in [1.807, 2.05) is 20.8 Å². The van der Waals surface area contributed by atoms with E-state index in [0.717, 1.165) is 29.6 Å². The van der Waals surface area contributed by atoms with Crippen molar-refractivity contribution in [3.8, 4) is 0 Å². The van der Waals surface area contributed by atoms with Crippen molar-refractivity contribution in [3.63, 3.8) is 0 Å². The maximum Gasteiger partial charge on any atom is 0.133 e. The highest BCUT2D eigenvalue weighted by molar-refractivity contribution is 5.79. The Morgan fingerprint density at radius 1 is 0.962 bits per heavy atom. The Morgan fingerprint density at radius 3 is 2.35 bits per heavy atom. The number of hydrogen-bond acceptors (Lipinski definition) is 1. The van der Waals surface area contributed by atoms with Gasteiger partial charge < -0.3 is 0 Å². The fraction of sp³-hybridized carbons (Fsp3) is 0.960. The highest BCUT2D eigenvalue weighted by Gasteiger charge is 2.61. The Morgan fingerprint density at radius 2 is 1.69 bits per heavy atom. The van der Waals surface area contributed by atoms with Gasteiger partial charge in [-0.2, -0.15) is 0 Å². The van der Waals surface area contributed by atoms with E-state index in [1.54, 1.807) is 0 Å². The molecule has 0 bridgehead atoms. The maximum atomic E-state index is 12.2. The lowest BCUT2D eigenvalue weighted by Gasteiger charge is -2.62. The smallest absolute Gasteiger partial charge is 0.133 e. The molecule has 150 valence electrons. The molecule has 0 aliphatic heterocycles. The van der Waals surface area contributed by atoms with Crippen LogP contribution in [0.1, 0.15) is 106 Å². The van der Waals surface area contributed by atoms with Crippen LogP contribution in [0.15, 0.2) is 0 Å². The van der Waals surface area contributed by atoms with Crippen LogP contribution in [-0.2, 0) is 4.79 Å². The summed E-state index contributed by atoms with van der Waals surface area (Å²) in [6.07, 6.45) is 14.1. The van der Waals surface area contributed by atoms with Gasteiger partial charge in [-0.25, -0.2) is 0 Å². The summed E-state index contributed by atoms with van der Waals surface area (Å²) in [4.78, 5) is 12.2. The second-order valence-corrected chi connectivity index (χ2v) is 10.4. The predicted octanol–water partition coefficient (Wildman–Crippen LogP) is 7.29. The molecule has 0 saturated heterocycles. The van der Waals surface area contributed by atoms with E-state index in [-0.39, 0.29) is 0 Å². The van der Waals surface area contributed by atoms with Crippen LogP contribution in [0.5, 0.6) is 0 Å². The monoisotopic (exact) mass is 360 g/mol. The van der Waals surface area contributed by atoms with E-state index < -0.39 is 0 Å². The molecule has 0 heterocycles. The van der Waals surface area contributed by atoms with Crippen LogP contribution in [0.4, 0.5) is 0 Å². The molecule has 8 atom stereocenters. The first kappa shape index (κ1) is 20.4. The van der Waals surface area contributed by atoms with E-state index in [2.05, 4.69) is 20.8 Å². The largest absolute Gasteiger partial charge is 0.300 e. The van der Waals surface area contributed by atoms with Crippen molar-refractivity contribution in [2.24, 2.45) is 46.3 Å². The van der Waals surface area contributed by atoms with Gasteiger partial charge in [-0.3, -0.25) is 4.79 Å². The van der Waals surface area contributed by atoms with Gasteiger partial charge in [0.15, 0.2) is 0 Å². The fourth-order valence-electron chi connectivity index (χ4n) is 8.64. The lowest BCUT2D eigenvalue weighted by atomic mass is 9.43. The van der Waals surface area contributed by atoms with Gasteiger partial charge in [0, 0.05) is 5.92 Å². The summed E-state index contributed by atoms with van der Waals surface area (Å²) in [7, 11) is 0. The minimum Gasteiger partial charge on any atom is -0.300 e. The predicted molar refractivity (Wildman–Crippen MR) is 111 cm³/mol. The topological polar surface area (TPSA) is 17.1 Å². The zero-order valence-electron chi connectivity index (χ0n) is 18.4. The molecule has 0 spiro atoms. The number of ketones is 1. The second kappa shape index (κ2) is 7.59. The Balaban J connectivity index is 0.000000948. The van der Waals surface area contributed by atoms with E-state index in [4.69, 9.17) is 0 Å². The van der Waals surface area contributed by atoms with Crippen LogP contribution in [0.25, 0.3) is 0 Å². The van der Waals surface area contributed by atoms with Crippen molar-refractivity contribution in [3.05, 3.63) is 0 Å². The molecule has 0 aromatic rings. The van der Waals surface area contributed by atoms with Crippen molar-refractivity contribution < 1.29 is 4.79 Å². The molecule has 26 heavy (non-hydrogen) atoms. The molecule has 0 radical (unpaired) electrons. The molecule has 0 aromatic heterocycles. The van der Waals surface area contributed by atoms with Gasteiger partial charge in [-0.1, -0.05) is 41.0 Å². The first-order chi connectivity index (χ1) is 12.4. The summed E-state index contributed by atoms with van der Waals surface area (Å²) in [5.74, 6) is 5.54. The van der Waals surface area contributed by atoms with Gasteiger partial charge >= 0.3 is 0 Å². The normalized spacial score (nSPS) is 49.9. The summed E-state index contributed by atoms with van der Waals surface area (Å²) in [6, 6.07) is 0. The molecule has 4 rings (SSSR count). The van der Waals surface area contributed by atoms with Gasteiger partial charge in [-0.15, -0.1) is 0 Å². The average molecular weight is 361 g/mol. The minimum atomic E-state index is 0.330. The standard InChI is InChI=1S/C23H38O.C2H6/c1-5-23-13-10-15(2)14-17(23)6-7-18-20-9-8-19(16(3)24)22(20,4)12-11-21(18)23;1-2/h15,17-21H,5-14H2,1-4H3;1-2H3. The fourth-order valence-corrected chi connectivity index (χ4v) is 8.64. The average Bonchev–Trinajstić information content (AvgIpc) is 3.00. The number of rotatable bonds is 2. The molecule has 1 nitrogen and oxygen atoms in total.